The third-order valence-electron chi connectivity index (χ3n) is 5.28. The summed E-state index contributed by atoms with van der Waals surface area (Å²) < 4.78 is 43.0. The minimum Gasteiger partial charge on any atom is -0.484 e. The molecule has 0 unspecified atom stereocenters. The summed E-state index contributed by atoms with van der Waals surface area (Å²) in [5, 5.41) is 2.95. The van der Waals surface area contributed by atoms with E-state index < -0.39 is 11.7 Å². The fraction of sp³-hybridized carbons (Fsp3) is 0.409. The van der Waals surface area contributed by atoms with Crippen molar-refractivity contribution >= 4 is 5.91 Å². The lowest BCUT2D eigenvalue weighted by Gasteiger charge is -2.36. The van der Waals surface area contributed by atoms with E-state index in [-0.39, 0.29) is 24.3 Å². The monoisotopic (exact) mass is 406 g/mol. The van der Waals surface area contributed by atoms with Crippen LogP contribution in [-0.4, -0.2) is 36.5 Å². The first kappa shape index (κ1) is 21.2. The van der Waals surface area contributed by atoms with E-state index in [1.807, 2.05) is 18.2 Å². The number of carbonyl (C=O) groups excluding carboxylic acids is 1. The average Bonchev–Trinajstić information content (AvgIpc) is 2.72. The lowest BCUT2D eigenvalue weighted by Crippen LogP contribution is -2.46. The number of nitrogens with zero attached hydrogens (tertiary/aromatic N) is 1. The molecule has 0 radical (unpaired) electrons. The van der Waals surface area contributed by atoms with E-state index in [1.54, 1.807) is 0 Å². The summed E-state index contributed by atoms with van der Waals surface area (Å²) in [6, 6.07) is 15.1. The zero-order valence-electron chi connectivity index (χ0n) is 16.3. The van der Waals surface area contributed by atoms with E-state index in [1.165, 1.54) is 17.7 Å². The van der Waals surface area contributed by atoms with Gasteiger partial charge in [0.2, 0.25) is 0 Å². The third kappa shape index (κ3) is 5.97. The molecule has 2 aromatic rings. The number of ether oxygens (including phenoxy) is 1. The Bertz CT molecular complexity index is 786. The van der Waals surface area contributed by atoms with Crippen molar-refractivity contribution in [3.05, 3.63) is 65.7 Å². The van der Waals surface area contributed by atoms with Crippen molar-refractivity contribution in [2.75, 3.05) is 19.7 Å². The van der Waals surface area contributed by atoms with Crippen molar-refractivity contribution in [2.24, 2.45) is 0 Å². The lowest BCUT2D eigenvalue weighted by atomic mass is 10.00. The second kappa shape index (κ2) is 9.31. The van der Waals surface area contributed by atoms with Gasteiger partial charge in [0.1, 0.15) is 5.75 Å². The molecule has 1 heterocycles. The Kier molecular flexibility index (Phi) is 6.79. The van der Waals surface area contributed by atoms with E-state index in [4.69, 9.17) is 4.74 Å². The summed E-state index contributed by atoms with van der Waals surface area (Å²) >= 11 is 0. The van der Waals surface area contributed by atoms with Gasteiger partial charge in [-0.2, -0.15) is 13.2 Å². The van der Waals surface area contributed by atoms with Crippen molar-refractivity contribution in [3.63, 3.8) is 0 Å². The number of hydrogen-bond donors (Lipinski definition) is 1. The number of rotatable bonds is 6. The molecule has 1 saturated heterocycles. The second-order valence-corrected chi connectivity index (χ2v) is 7.28. The zero-order chi connectivity index (χ0) is 20.9. The van der Waals surface area contributed by atoms with Crippen LogP contribution in [0, 0.1) is 0 Å². The Balaban J connectivity index is 1.41. The third-order valence-corrected chi connectivity index (χ3v) is 5.28. The van der Waals surface area contributed by atoms with Gasteiger partial charge in [-0.05, 0) is 49.6 Å². The van der Waals surface area contributed by atoms with Gasteiger partial charge < -0.3 is 10.1 Å². The fourth-order valence-corrected chi connectivity index (χ4v) is 3.53. The SMILES string of the molecule is C[C@@H](c1ccccc1)N1CCC(NC(=O)COc2ccc(C(F)(F)F)cc2)CC1. The number of piperidine rings is 1. The van der Waals surface area contributed by atoms with Gasteiger partial charge in [0.05, 0.1) is 5.56 Å². The van der Waals surface area contributed by atoms with Crippen LogP contribution in [0.25, 0.3) is 0 Å². The van der Waals surface area contributed by atoms with Crippen molar-refractivity contribution in [3.8, 4) is 5.75 Å². The predicted octanol–water partition coefficient (Wildman–Crippen LogP) is 4.43. The Labute approximate surface area is 168 Å². The number of hydrogen-bond acceptors (Lipinski definition) is 3. The van der Waals surface area contributed by atoms with Gasteiger partial charge in [-0.3, -0.25) is 9.69 Å². The maximum absolute atomic E-state index is 12.6. The summed E-state index contributed by atoms with van der Waals surface area (Å²) in [5.74, 6) is -0.0286. The van der Waals surface area contributed by atoms with Gasteiger partial charge in [0, 0.05) is 25.2 Å². The summed E-state index contributed by atoms with van der Waals surface area (Å²) in [7, 11) is 0. The number of likely N-dealkylation sites (tertiary alicyclic amines) is 1. The number of benzene rings is 2. The van der Waals surface area contributed by atoms with Crippen LogP contribution >= 0.6 is 0 Å². The number of halogens is 3. The van der Waals surface area contributed by atoms with Crippen LogP contribution in [0.1, 0.15) is 36.9 Å². The second-order valence-electron chi connectivity index (χ2n) is 7.28. The molecule has 1 N–H and O–H groups in total. The minimum atomic E-state index is -4.39. The molecule has 2 aromatic carbocycles. The topological polar surface area (TPSA) is 41.6 Å². The standard InChI is InChI=1S/C22H25F3N2O2/c1-16(17-5-3-2-4-6-17)27-13-11-19(12-14-27)26-21(28)15-29-20-9-7-18(8-10-20)22(23,24)25/h2-10,16,19H,11-15H2,1H3,(H,26,28)/t16-/m0/s1. The van der Waals surface area contributed by atoms with Gasteiger partial charge in [-0.1, -0.05) is 30.3 Å². The first-order valence-electron chi connectivity index (χ1n) is 9.71. The molecule has 4 nitrogen and oxygen atoms in total. The molecule has 29 heavy (non-hydrogen) atoms. The van der Waals surface area contributed by atoms with Crippen LogP contribution in [-0.2, 0) is 11.0 Å². The Morgan fingerprint density at radius 3 is 2.31 bits per heavy atom. The highest BCUT2D eigenvalue weighted by molar-refractivity contribution is 5.77. The van der Waals surface area contributed by atoms with Gasteiger partial charge in [-0.15, -0.1) is 0 Å². The fourth-order valence-electron chi connectivity index (χ4n) is 3.53. The van der Waals surface area contributed by atoms with Gasteiger partial charge in [0.25, 0.3) is 5.91 Å². The van der Waals surface area contributed by atoms with Gasteiger partial charge in [-0.25, -0.2) is 0 Å². The van der Waals surface area contributed by atoms with Crippen LogP contribution in [0.15, 0.2) is 54.6 Å². The van der Waals surface area contributed by atoms with Crippen molar-refractivity contribution < 1.29 is 22.7 Å². The van der Waals surface area contributed by atoms with Crippen LogP contribution in [0.3, 0.4) is 0 Å². The lowest BCUT2D eigenvalue weighted by molar-refractivity contribution is -0.137. The predicted molar refractivity (Wildman–Crippen MR) is 105 cm³/mol. The van der Waals surface area contributed by atoms with Crippen molar-refractivity contribution in [1.82, 2.24) is 10.2 Å². The summed E-state index contributed by atoms with van der Waals surface area (Å²) in [6.45, 7) is 3.75. The van der Waals surface area contributed by atoms with Gasteiger partial charge >= 0.3 is 6.18 Å². The molecule has 0 aliphatic carbocycles. The molecule has 1 fully saturated rings. The molecule has 0 aromatic heterocycles. The number of carbonyl (C=O) groups is 1. The van der Waals surface area contributed by atoms with Crippen molar-refractivity contribution in [1.29, 1.82) is 0 Å². The van der Waals surface area contributed by atoms with Crippen molar-refractivity contribution in [2.45, 2.75) is 38.0 Å². The van der Waals surface area contributed by atoms with E-state index in [0.29, 0.717) is 6.04 Å². The van der Waals surface area contributed by atoms with E-state index in [9.17, 15) is 18.0 Å². The number of amides is 1. The molecule has 1 amide bonds. The molecule has 0 saturated carbocycles. The maximum Gasteiger partial charge on any atom is 0.416 e. The Morgan fingerprint density at radius 2 is 1.72 bits per heavy atom. The average molecular weight is 406 g/mol. The minimum absolute atomic E-state index is 0.0814. The largest absolute Gasteiger partial charge is 0.484 e. The van der Waals surface area contributed by atoms with E-state index in [2.05, 4.69) is 29.3 Å². The molecule has 1 aliphatic rings. The summed E-state index contributed by atoms with van der Waals surface area (Å²) in [4.78, 5) is 14.5. The normalized spacial score (nSPS) is 17.0. The molecule has 3 rings (SSSR count). The Hall–Kier alpha value is -2.54. The molecular formula is C22H25F3N2O2. The van der Waals surface area contributed by atoms with Crippen LogP contribution < -0.4 is 10.1 Å². The first-order valence-corrected chi connectivity index (χ1v) is 9.71. The molecular weight excluding hydrogens is 381 g/mol. The smallest absolute Gasteiger partial charge is 0.416 e. The molecule has 0 bridgehead atoms. The van der Waals surface area contributed by atoms with Gasteiger partial charge in [0.15, 0.2) is 6.61 Å². The summed E-state index contributed by atoms with van der Waals surface area (Å²) in [5.41, 5.74) is 0.533. The Morgan fingerprint density at radius 1 is 1.10 bits per heavy atom. The zero-order valence-corrected chi connectivity index (χ0v) is 16.3. The number of nitrogens with one attached hydrogen (secondary N) is 1. The molecule has 7 heteroatoms. The molecule has 1 aliphatic heterocycles. The van der Waals surface area contributed by atoms with E-state index in [0.717, 1.165) is 38.1 Å². The molecule has 1 atom stereocenters. The van der Waals surface area contributed by atoms with Crippen LogP contribution in [0.5, 0.6) is 5.75 Å². The van der Waals surface area contributed by atoms with E-state index >= 15 is 0 Å². The first-order chi connectivity index (χ1) is 13.8. The maximum atomic E-state index is 12.6. The number of alkyl halides is 3. The quantitative estimate of drug-likeness (QED) is 0.772. The highest BCUT2D eigenvalue weighted by atomic mass is 19.4. The highest BCUT2D eigenvalue weighted by Gasteiger charge is 2.30. The van der Waals surface area contributed by atoms with Crippen LogP contribution in [0.2, 0.25) is 0 Å². The molecule has 0 spiro atoms. The summed E-state index contributed by atoms with van der Waals surface area (Å²) in [6.07, 6.45) is -2.69. The highest BCUT2D eigenvalue weighted by Crippen LogP contribution is 2.30. The van der Waals surface area contributed by atoms with Crippen LogP contribution in [0.4, 0.5) is 13.2 Å². The molecule has 156 valence electrons.